The van der Waals surface area contributed by atoms with Crippen molar-refractivity contribution in [1.29, 1.82) is 0 Å². The Morgan fingerprint density at radius 1 is 1.41 bits per heavy atom. The molecule has 0 atom stereocenters. The van der Waals surface area contributed by atoms with Gasteiger partial charge in [0.2, 0.25) is 5.91 Å². The molecule has 1 amide bonds. The Morgan fingerprint density at radius 2 is 2.12 bits per heavy atom. The van der Waals surface area contributed by atoms with Gasteiger partial charge in [0, 0.05) is 18.0 Å². The number of nitrogens with one attached hydrogen (secondary N) is 1. The van der Waals surface area contributed by atoms with Gasteiger partial charge in [-0.25, -0.2) is 0 Å². The molecule has 0 saturated carbocycles. The molecule has 0 aliphatic carbocycles. The summed E-state index contributed by atoms with van der Waals surface area (Å²) in [6, 6.07) is 8.41. The van der Waals surface area contributed by atoms with Crippen LogP contribution in [0, 0.1) is 0 Å². The van der Waals surface area contributed by atoms with Gasteiger partial charge in [-0.3, -0.25) is 4.79 Å². The Labute approximate surface area is 106 Å². The number of thioether (sulfide) groups is 1. The number of carbonyl (C=O) groups is 1. The van der Waals surface area contributed by atoms with Crippen molar-refractivity contribution in [2.75, 3.05) is 26.0 Å². The van der Waals surface area contributed by atoms with Crippen LogP contribution in [0.15, 0.2) is 29.2 Å². The van der Waals surface area contributed by atoms with Crippen LogP contribution in [0.3, 0.4) is 0 Å². The minimum absolute atomic E-state index is 0.00982. The summed E-state index contributed by atoms with van der Waals surface area (Å²) in [5, 5.41) is 3.23. The molecule has 0 aliphatic heterocycles. The topological polar surface area (TPSA) is 64.3 Å². The van der Waals surface area contributed by atoms with Crippen LogP contribution in [-0.2, 0) is 16.1 Å². The second-order valence-corrected chi connectivity index (χ2v) is 4.42. The number of amides is 1. The molecule has 94 valence electrons. The molecule has 1 aromatic carbocycles. The Kier molecular flexibility index (Phi) is 6.69. The van der Waals surface area contributed by atoms with Crippen molar-refractivity contribution in [2.24, 2.45) is 5.73 Å². The Bertz CT molecular complexity index is 341. The fourth-order valence-corrected chi connectivity index (χ4v) is 1.70. The van der Waals surface area contributed by atoms with Crippen LogP contribution in [0.1, 0.15) is 5.56 Å². The summed E-state index contributed by atoms with van der Waals surface area (Å²) in [6.45, 7) is 1.99. The van der Waals surface area contributed by atoms with E-state index >= 15 is 0 Å². The molecule has 0 unspecified atom stereocenters. The summed E-state index contributed by atoms with van der Waals surface area (Å²) in [5.41, 5.74) is 6.17. The van der Waals surface area contributed by atoms with Gasteiger partial charge in [-0.05, 0) is 24.0 Å². The van der Waals surface area contributed by atoms with E-state index in [-0.39, 0.29) is 6.61 Å². The minimum Gasteiger partial charge on any atom is -0.370 e. The van der Waals surface area contributed by atoms with Gasteiger partial charge in [0.05, 0.1) is 6.61 Å². The first-order valence-corrected chi connectivity index (χ1v) is 6.64. The molecule has 17 heavy (non-hydrogen) atoms. The highest BCUT2D eigenvalue weighted by molar-refractivity contribution is 7.98. The fraction of sp³-hybridized carbons (Fsp3) is 0.417. The van der Waals surface area contributed by atoms with Crippen molar-refractivity contribution in [3.05, 3.63) is 29.8 Å². The van der Waals surface area contributed by atoms with E-state index in [1.807, 2.05) is 0 Å². The molecule has 4 nitrogen and oxygen atoms in total. The lowest BCUT2D eigenvalue weighted by Crippen LogP contribution is -2.23. The van der Waals surface area contributed by atoms with E-state index in [0.717, 1.165) is 6.54 Å². The monoisotopic (exact) mass is 254 g/mol. The fourth-order valence-electron chi connectivity index (χ4n) is 1.29. The first-order chi connectivity index (χ1) is 8.22. The molecule has 1 aromatic rings. The minimum atomic E-state index is -0.433. The van der Waals surface area contributed by atoms with Gasteiger partial charge in [-0.1, -0.05) is 12.1 Å². The highest BCUT2D eigenvalue weighted by Crippen LogP contribution is 2.14. The molecule has 0 aromatic heterocycles. The molecular weight excluding hydrogens is 236 g/mol. The van der Waals surface area contributed by atoms with Gasteiger partial charge in [0.15, 0.2) is 0 Å². The maximum atomic E-state index is 10.4. The summed E-state index contributed by atoms with van der Waals surface area (Å²) < 4.78 is 5.03. The molecule has 0 heterocycles. The molecule has 0 saturated heterocycles. The summed E-state index contributed by atoms with van der Waals surface area (Å²) >= 11 is 1.73. The molecule has 0 aliphatic rings. The number of ether oxygens (including phenoxy) is 1. The van der Waals surface area contributed by atoms with E-state index in [0.29, 0.717) is 13.2 Å². The number of primary amides is 1. The zero-order valence-corrected chi connectivity index (χ0v) is 10.8. The Hall–Kier alpha value is -1.04. The third-order valence-electron chi connectivity index (χ3n) is 2.16. The average Bonchev–Trinajstić information content (AvgIpc) is 2.34. The van der Waals surface area contributed by atoms with Gasteiger partial charge in [-0.2, -0.15) is 0 Å². The molecule has 0 radical (unpaired) electrons. The van der Waals surface area contributed by atoms with Gasteiger partial charge < -0.3 is 15.8 Å². The van der Waals surface area contributed by atoms with E-state index in [2.05, 4.69) is 35.8 Å². The van der Waals surface area contributed by atoms with Crippen molar-refractivity contribution < 1.29 is 9.53 Å². The van der Waals surface area contributed by atoms with Gasteiger partial charge in [0.25, 0.3) is 0 Å². The van der Waals surface area contributed by atoms with Crippen LogP contribution in [-0.4, -0.2) is 31.9 Å². The normalized spacial score (nSPS) is 10.4. The van der Waals surface area contributed by atoms with E-state index in [1.54, 1.807) is 11.8 Å². The van der Waals surface area contributed by atoms with Crippen molar-refractivity contribution >= 4 is 17.7 Å². The van der Waals surface area contributed by atoms with Gasteiger partial charge >= 0.3 is 0 Å². The van der Waals surface area contributed by atoms with Gasteiger partial charge in [0.1, 0.15) is 6.61 Å². The zero-order valence-electron chi connectivity index (χ0n) is 9.94. The Morgan fingerprint density at radius 3 is 2.71 bits per heavy atom. The van der Waals surface area contributed by atoms with Crippen molar-refractivity contribution in [3.8, 4) is 0 Å². The van der Waals surface area contributed by atoms with Crippen LogP contribution in [0.25, 0.3) is 0 Å². The molecular formula is C12H18N2O2S. The second-order valence-electron chi connectivity index (χ2n) is 3.54. The molecule has 0 fully saturated rings. The third kappa shape index (κ3) is 6.31. The van der Waals surface area contributed by atoms with Crippen molar-refractivity contribution in [2.45, 2.75) is 11.4 Å². The van der Waals surface area contributed by atoms with Crippen LogP contribution in [0.5, 0.6) is 0 Å². The van der Waals surface area contributed by atoms with E-state index in [9.17, 15) is 4.79 Å². The SMILES string of the molecule is CSc1ccc(CNCCOCC(N)=O)cc1. The molecule has 0 bridgehead atoms. The highest BCUT2D eigenvalue weighted by atomic mass is 32.2. The van der Waals surface area contributed by atoms with Crippen molar-refractivity contribution in [1.82, 2.24) is 5.32 Å². The molecule has 0 spiro atoms. The first kappa shape index (κ1) is 14.0. The number of carbonyl (C=O) groups excluding carboxylic acids is 1. The number of hydrogen-bond donors (Lipinski definition) is 2. The average molecular weight is 254 g/mol. The highest BCUT2D eigenvalue weighted by Gasteiger charge is 1.95. The standard InChI is InChI=1S/C12H18N2O2S/c1-17-11-4-2-10(3-5-11)8-14-6-7-16-9-12(13)15/h2-5,14H,6-9H2,1H3,(H2,13,15). The number of rotatable bonds is 8. The summed E-state index contributed by atoms with van der Waals surface area (Å²) in [7, 11) is 0. The summed E-state index contributed by atoms with van der Waals surface area (Å²) in [4.78, 5) is 11.7. The summed E-state index contributed by atoms with van der Waals surface area (Å²) in [6.07, 6.45) is 2.06. The predicted molar refractivity (Wildman–Crippen MR) is 69.9 cm³/mol. The molecule has 1 rings (SSSR count). The second kappa shape index (κ2) is 8.11. The lowest BCUT2D eigenvalue weighted by molar-refractivity contribution is -0.122. The lowest BCUT2D eigenvalue weighted by atomic mass is 10.2. The quantitative estimate of drug-likeness (QED) is 0.536. The van der Waals surface area contributed by atoms with Crippen molar-refractivity contribution in [3.63, 3.8) is 0 Å². The zero-order chi connectivity index (χ0) is 12.5. The third-order valence-corrected chi connectivity index (χ3v) is 2.90. The van der Waals surface area contributed by atoms with E-state index in [1.165, 1.54) is 10.5 Å². The van der Waals surface area contributed by atoms with Crippen LogP contribution in [0.2, 0.25) is 0 Å². The Balaban J connectivity index is 2.11. The maximum absolute atomic E-state index is 10.4. The number of benzene rings is 1. The van der Waals surface area contributed by atoms with Gasteiger partial charge in [-0.15, -0.1) is 11.8 Å². The molecule has 5 heteroatoms. The van der Waals surface area contributed by atoms with Crippen LogP contribution >= 0.6 is 11.8 Å². The van der Waals surface area contributed by atoms with Crippen LogP contribution in [0.4, 0.5) is 0 Å². The number of nitrogens with two attached hydrogens (primary N) is 1. The number of hydrogen-bond acceptors (Lipinski definition) is 4. The lowest BCUT2D eigenvalue weighted by Gasteiger charge is -2.05. The summed E-state index contributed by atoms with van der Waals surface area (Å²) in [5.74, 6) is -0.433. The van der Waals surface area contributed by atoms with Crippen LogP contribution < -0.4 is 11.1 Å². The van der Waals surface area contributed by atoms with E-state index < -0.39 is 5.91 Å². The first-order valence-electron chi connectivity index (χ1n) is 5.42. The maximum Gasteiger partial charge on any atom is 0.243 e. The predicted octanol–water partition coefficient (Wildman–Crippen LogP) is 1.00. The smallest absolute Gasteiger partial charge is 0.243 e. The van der Waals surface area contributed by atoms with E-state index in [4.69, 9.17) is 10.5 Å². The largest absolute Gasteiger partial charge is 0.370 e. The molecule has 3 N–H and O–H groups in total.